The minimum absolute atomic E-state index is 0.00542. The Labute approximate surface area is 369 Å². The molecular formula is C45H68N6O12. The first kappa shape index (κ1) is 52.0. The Kier molecular flexibility index (Phi) is 24.0. The molecule has 1 fully saturated rings. The third-order valence-electron chi connectivity index (χ3n) is 10.7. The first-order valence-electron chi connectivity index (χ1n) is 22.0. The van der Waals surface area contributed by atoms with Crippen LogP contribution in [0.25, 0.3) is 10.8 Å². The van der Waals surface area contributed by atoms with Crippen molar-refractivity contribution < 1.29 is 58.0 Å². The molecule has 3 atom stereocenters. The van der Waals surface area contributed by atoms with Crippen molar-refractivity contribution in [2.45, 2.75) is 103 Å². The number of fused-ring (bicyclic) bond motifs is 1. The molecule has 350 valence electrons. The number of rotatable bonds is 30. The summed E-state index contributed by atoms with van der Waals surface area (Å²) in [6, 6.07) is 9.61. The molecule has 2 aromatic carbocycles. The summed E-state index contributed by atoms with van der Waals surface area (Å²) in [4.78, 5) is 86.3. The van der Waals surface area contributed by atoms with Crippen LogP contribution in [-0.2, 0) is 49.4 Å². The molecule has 0 radical (unpaired) electrons. The molecule has 0 heterocycles. The molecule has 0 aromatic heterocycles. The number of nitrogens with one attached hydrogen (secondary N) is 6. The molecule has 18 heteroatoms. The van der Waals surface area contributed by atoms with E-state index in [2.05, 4.69) is 31.9 Å². The highest BCUT2D eigenvalue weighted by Gasteiger charge is 2.30. The molecule has 3 rings (SSSR count). The van der Waals surface area contributed by atoms with E-state index in [9.17, 15) is 43.8 Å². The van der Waals surface area contributed by atoms with Gasteiger partial charge in [-0.1, -0.05) is 56.3 Å². The van der Waals surface area contributed by atoms with Crippen molar-refractivity contribution in [1.29, 1.82) is 0 Å². The second-order valence-electron chi connectivity index (χ2n) is 16.4. The molecule has 2 aromatic rings. The maximum atomic E-state index is 13.6. The smallest absolute Gasteiger partial charge is 0.326 e. The molecule has 18 nitrogen and oxygen atoms in total. The lowest BCUT2D eigenvalue weighted by Crippen LogP contribution is -2.51. The van der Waals surface area contributed by atoms with Gasteiger partial charge in [-0.05, 0) is 79.5 Å². The standard InChI is InChI=1S/C45H68N6O12/c1-30(2)26-39(44(58)59)51-45(60)50-37(43(56)57)10-6-7-18-47-42(55)38(28-33-13-14-34-8-4-5-9-36(34)27-33)49-41(54)35-15-11-32(12-16-35)29-48-40(53)17-20-61-22-24-63-25-23-62-21-19-46-31(3)52/h4-5,8-9,13-14,27,30,32,35,37-39H,6-7,10-12,15-26,28-29H2,1-3H3,(H,46,52)(H,47,55)(H,48,53)(H,49,54)(H,56,57)(H,58,59)(H2,50,51,60)/t32?,35?,37-,38-,39-/m0/s1. The van der Waals surface area contributed by atoms with Gasteiger partial charge in [-0.25, -0.2) is 14.4 Å². The summed E-state index contributed by atoms with van der Waals surface area (Å²) in [7, 11) is 0. The fourth-order valence-corrected chi connectivity index (χ4v) is 7.20. The number of unbranched alkanes of at least 4 members (excludes halogenated alkanes) is 1. The number of aliphatic carboxylic acids is 2. The van der Waals surface area contributed by atoms with Gasteiger partial charge in [-0.15, -0.1) is 0 Å². The Morgan fingerprint density at radius 3 is 1.97 bits per heavy atom. The monoisotopic (exact) mass is 884 g/mol. The van der Waals surface area contributed by atoms with Crippen LogP contribution in [0.3, 0.4) is 0 Å². The molecule has 63 heavy (non-hydrogen) atoms. The second kappa shape index (κ2) is 29.1. The predicted octanol–water partition coefficient (Wildman–Crippen LogP) is 2.90. The number of amides is 6. The molecule has 8 N–H and O–H groups in total. The minimum atomic E-state index is -1.27. The lowest BCUT2D eigenvalue weighted by molar-refractivity contribution is -0.139. The van der Waals surface area contributed by atoms with E-state index in [1.165, 1.54) is 6.92 Å². The number of carbonyl (C=O) groups is 7. The first-order valence-corrected chi connectivity index (χ1v) is 22.0. The van der Waals surface area contributed by atoms with E-state index in [0.717, 1.165) is 29.2 Å². The summed E-state index contributed by atoms with van der Waals surface area (Å²) < 4.78 is 16.3. The number of urea groups is 1. The van der Waals surface area contributed by atoms with Gasteiger partial charge in [0.2, 0.25) is 23.6 Å². The van der Waals surface area contributed by atoms with Crippen molar-refractivity contribution in [3.05, 3.63) is 48.0 Å². The summed E-state index contributed by atoms with van der Waals surface area (Å²) in [5.74, 6) is -3.34. The SMILES string of the molecule is CC(=O)NCCOCCOCCOCCC(=O)NCC1CCC(C(=O)N[C@@H](Cc2ccc3ccccc3c2)C(=O)NCCCC[C@H](NC(=O)N[C@@H](CC(C)C)C(=O)O)C(=O)O)CC1. The van der Waals surface area contributed by atoms with Crippen LogP contribution in [0, 0.1) is 17.8 Å². The molecule has 1 aliphatic rings. The number of ether oxygens (including phenoxy) is 3. The van der Waals surface area contributed by atoms with Crippen molar-refractivity contribution in [3.63, 3.8) is 0 Å². The molecular weight excluding hydrogens is 817 g/mol. The maximum Gasteiger partial charge on any atom is 0.326 e. The normalized spacial score (nSPS) is 16.3. The highest BCUT2D eigenvalue weighted by molar-refractivity contribution is 5.89. The van der Waals surface area contributed by atoms with E-state index in [-0.39, 0.29) is 80.2 Å². The number of benzene rings is 2. The first-order chi connectivity index (χ1) is 30.2. The van der Waals surface area contributed by atoms with E-state index < -0.39 is 36.1 Å². The largest absolute Gasteiger partial charge is 0.480 e. The van der Waals surface area contributed by atoms with Crippen LogP contribution in [0.4, 0.5) is 4.79 Å². The Balaban J connectivity index is 1.41. The maximum absolute atomic E-state index is 13.6. The lowest BCUT2D eigenvalue weighted by Gasteiger charge is -2.29. The molecule has 0 aliphatic heterocycles. The average Bonchev–Trinajstić information content (AvgIpc) is 3.24. The van der Waals surface area contributed by atoms with E-state index in [0.29, 0.717) is 71.8 Å². The van der Waals surface area contributed by atoms with Crippen molar-refractivity contribution in [2.24, 2.45) is 17.8 Å². The van der Waals surface area contributed by atoms with Crippen LogP contribution in [-0.4, -0.2) is 129 Å². The molecule has 0 bridgehead atoms. The van der Waals surface area contributed by atoms with E-state index in [4.69, 9.17) is 14.2 Å². The minimum Gasteiger partial charge on any atom is -0.480 e. The van der Waals surface area contributed by atoms with Gasteiger partial charge in [-0.3, -0.25) is 19.2 Å². The Bertz CT molecular complexity index is 1770. The summed E-state index contributed by atoms with van der Waals surface area (Å²) in [5.41, 5.74) is 0.873. The number of carboxylic acid groups (broad SMARTS) is 2. The van der Waals surface area contributed by atoms with Gasteiger partial charge in [0, 0.05) is 45.3 Å². The topological polar surface area (TPSA) is 260 Å². The van der Waals surface area contributed by atoms with Gasteiger partial charge < -0.3 is 56.3 Å². The zero-order chi connectivity index (χ0) is 46.0. The zero-order valence-electron chi connectivity index (χ0n) is 36.9. The highest BCUT2D eigenvalue weighted by atomic mass is 16.5. The third kappa shape index (κ3) is 21.5. The second-order valence-corrected chi connectivity index (χ2v) is 16.4. The number of hydrogen-bond acceptors (Lipinski definition) is 10. The van der Waals surface area contributed by atoms with Gasteiger partial charge in [0.1, 0.15) is 18.1 Å². The van der Waals surface area contributed by atoms with Crippen molar-refractivity contribution in [2.75, 3.05) is 59.3 Å². The van der Waals surface area contributed by atoms with E-state index in [1.54, 1.807) is 0 Å². The van der Waals surface area contributed by atoms with Crippen LogP contribution in [0.1, 0.15) is 84.1 Å². The Morgan fingerprint density at radius 2 is 1.32 bits per heavy atom. The molecule has 0 spiro atoms. The van der Waals surface area contributed by atoms with E-state index in [1.807, 2.05) is 56.3 Å². The van der Waals surface area contributed by atoms with E-state index >= 15 is 0 Å². The fraction of sp³-hybridized carbons (Fsp3) is 0.622. The predicted molar refractivity (Wildman–Crippen MR) is 235 cm³/mol. The average molecular weight is 885 g/mol. The molecule has 1 saturated carbocycles. The number of hydrogen-bond donors (Lipinski definition) is 8. The van der Waals surface area contributed by atoms with Crippen LogP contribution < -0.4 is 31.9 Å². The van der Waals surface area contributed by atoms with Crippen molar-refractivity contribution >= 4 is 52.4 Å². The molecule has 1 aliphatic carbocycles. The van der Waals surface area contributed by atoms with Crippen molar-refractivity contribution in [1.82, 2.24) is 31.9 Å². The van der Waals surface area contributed by atoms with Crippen LogP contribution in [0.15, 0.2) is 42.5 Å². The Hall–Kier alpha value is -5.33. The van der Waals surface area contributed by atoms with Crippen LogP contribution in [0.5, 0.6) is 0 Å². The third-order valence-corrected chi connectivity index (χ3v) is 10.7. The van der Waals surface area contributed by atoms with Gasteiger partial charge in [0.15, 0.2) is 0 Å². The Morgan fingerprint density at radius 1 is 0.683 bits per heavy atom. The summed E-state index contributed by atoms with van der Waals surface area (Å²) in [6.45, 7) is 8.45. The lowest BCUT2D eigenvalue weighted by atomic mass is 9.81. The fourth-order valence-electron chi connectivity index (χ4n) is 7.20. The van der Waals surface area contributed by atoms with Crippen molar-refractivity contribution in [3.8, 4) is 0 Å². The number of carbonyl (C=O) groups excluding carboxylic acids is 5. The summed E-state index contributed by atoms with van der Waals surface area (Å²) in [5, 5.41) is 37.3. The van der Waals surface area contributed by atoms with Gasteiger partial charge in [-0.2, -0.15) is 0 Å². The van der Waals surface area contributed by atoms with Gasteiger partial charge in [0.05, 0.1) is 39.6 Å². The zero-order valence-corrected chi connectivity index (χ0v) is 36.9. The summed E-state index contributed by atoms with van der Waals surface area (Å²) >= 11 is 0. The molecule has 6 amide bonds. The van der Waals surface area contributed by atoms with Gasteiger partial charge >= 0.3 is 18.0 Å². The highest BCUT2D eigenvalue weighted by Crippen LogP contribution is 2.29. The molecule has 0 saturated heterocycles. The van der Waals surface area contributed by atoms with Gasteiger partial charge in [0.25, 0.3) is 0 Å². The van der Waals surface area contributed by atoms with Crippen LogP contribution in [0.2, 0.25) is 0 Å². The molecule has 0 unspecified atom stereocenters. The summed E-state index contributed by atoms with van der Waals surface area (Å²) in [6.07, 6.45) is 4.17. The number of carboxylic acids is 2. The quantitative estimate of drug-likeness (QED) is 0.0527. The van der Waals surface area contributed by atoms with Crippen LogP contribution >= 0.6 is 0 Å².